The highest BCUT2D eigenvalue weighted by molar-refractivity contribution is 6.31. The first-order chi connectivity index (χ1) is 30.7. The van der Waals surface area contributed by atoms with Gasteiger partial charge in [-0.1, -0.05) is 24.4 Å². The second-order valence-electron chi connectivity index (χ2n) is 16.1. The number of aromatic nitrogens is 3. The Morgan fingerprint density at radius 1 is 0.873 bits per heavy atom. The Balaban J connectivity index is 0.672. The Kier molecular flexibility index (Phi) is 14.3. The summed E-state index contributed by atoms with van der Waals surface area (Å²) in [5.41, 5.74) is 5.22. The zero-order chi connectivity index (χ0) is 43.7. The fourth-order valence-electron chi connectivity index (χ4n) is 8.69. The Morgan fingerprint density at radius 3 is 2.48 bits per heavy atom. The standard InChI is InChI=1S/C44H53ClN10O8/c45-31-5-9-37(34(26-31)49-44(60)50-35-27-47-38-11-13-48-55(38)41(35)29-3-1-2-4-29)63-21-14-46-39(56)12-20-61-23-24-62-22-19-52-15-17-53(18-16-52)32-6-7-33-30(25-32)28-54(43(33)59)36-8-10-40(57)51-42(36)58/h5-7,9,11,13,25-27,29,36H,1-4,8,10,12,14-24,28H2,(H,46,56)(H2,49,50,60)(H,51,57,58). The molecule has 6 amide bonds. The van der Waals surface area contributed by atoms with Crippen LogP contribution >= 0.6 is 11.6 Å². The van der Waals surface area contributed by atoms with Crippen LogP contribution in [0.3, 0.4) is 0 Å². The van der Waals surface area contributed by atoms with E-state index in [0.29, 0.717) is 60.5 Å². The number of halogens is 1. The van der Waals surface area contributed by atoms with Gasteiger partial charge >= 0.3 is 6.03 Å². The van der Waals surface area contributed by atoms with E-state index in [2.05, 4.69) is 41.1 Å². The zero-order valence-corrected chi connectivity index (χ0v) is 35.9. The van der Waals surface area contributed by atoms with Crippen molar-refractivity contribution in [2.75, 3.05) is 87.8 Å². The lowest BCUT2D eigenvalue weighted by Crippen LogP contribution is -2.52. The fraction of sp³-hybridized carbons (Fsp3) is 0.477. The molecule has 1 atom stereocenters. The Hall–Kier alpha value is -5.82. The van der Waals surface area contributed by atoms with E-state index in [-0.39, 0.29) is 56.2 Å². The number of carbonyl (C=O) groups excluding carboxylic acids is 5. The van der Waals surface area contributed by atoms with Crippen LogP contribution < -0.4 is 30.9 Å². The second-order valence-corrected chi connectivity index (χ2v) is 16.5. The number of hydrogen-bond acceptors (Lipinski definition) is 12. The van der Waals surface area contributed by atoms with Gasteiger partial charge in [-0.05, 0) is 61.2 Å². The number of carbonyl (C=O) groups is 5. The molecule has 8 rings (SSSR count). The van der Waals surface area contributed by atoms with E-state index in [1.807, 2.05) is 24.3 Å². The highest BCUT2D eigenvalue weighted by atomic mass is 35.5. The van der Waals surface area contributed by atoms with E-state index >= 15 is 0 Å². The molecule has 18 nitrogen and oxygen atoms in total. The molecule has 4 aromatic rings. The molecule has 5 heterocycles. The normalized spacial score (nSPS) is 18.2. The fourth-order valence-corrected chi connectivity index (χ4v) is 8.86. The first-order valence-corrected chi connectivity index (χ1v) is 22.1. The largest absolute Gasteiger partial charge is 0.490 e. The van der Waals surface area contributed by atoms with E-state index in [4.69, 9.17) is 25.8 Å². The molecule has 4 aliphatic rings. The molecule has 334 valence electrons. The summed E-state index contributed by atoms with van der Waals surface area (Å²) >= 11 is 6.27. The molecule has 19 heteroatoms. The van der Waals surface area contributed by atoms with Crippen molar-refractivity contribution >= 4 is 64.0 Å². The molecule has 2 aromatic heterocycles. The third-order valence-electron chi connectivity index (χ3n) is 12.0. The number of anilines is 3. The molecular weight excluding hydrogens is 832 g/mol. The summed E-state index contributed by atoms with van der Waals surface area (Å²) in [6, 6.07) is 11.6. The molecule has 63 heavy (non-hydrogen) atoms. The predicted molar refractivity (Wildman–Crippen MR) is 234 cm³/mol. The van der Waals surface area contributed by atoms with Crippen molar-refractivity contribution in [1.29, 1.82) is 0 Å². The molecule has 4 N–H and O–H groups in total. The van der Waals surface area contributed by atoms with Crippen LogP contribution in [0, 0.1) is 0 Å². The quantitative estimate of drug-likeness (QED) is 0.0822. The monoisotopic (exact) mass is 884 g/mol. The minimum Gasteiger partial charge on any atom is -0.490 e. The van der Waals surface area contributed by atoms with Gasteiger partial charge in [-0.15, -0.1) is 0 Å². The van der Waals surface area contributed by atoms with Crippen LogP contribution in [-0.2, 0) is 30.4 Å². The average Bonchev–Trinajstić information content (AvgIpc) is 4.05. The number of nitrogens with zero attached hydrogens (tertiary/aromatic N) is 6. The van der Waals surface area contributed by atoms with Gasteiger partial charge in [-0.3, -0.25) is 29.4 Å². The average molecular weight is 885 g/mol. The van der Waals surface area contributed by atoms with Gasteiger partial charge in [0.25, 0.3) is 5.91 Å². The number of rotatable bonds is 18. The van der Waals surface area contributed by atoms with Gasteiger partial charge in [-0.2, -0.15) is 5.10 Å². The Morgan fingerprint density at radius 2 is 1.67 bits per heavy atom. The molecule has 2 saturated heterocycles. The molecule has 0 bridgehead atoms. The first-order valence-electron chi connectivity index (χ1n) is 21.7. The number of urea groups is 1. The van der Waals surface area contributed by atoms with Gasteiger partial charge < -0.3 is 40.0 Å². The van der Waals surface area contributed by atoms with Crippen LogP contribution in [-0.4, -0.2) is 132 Å². The third-order valence-corrected chi connectivity index (χ3v) is 12.2. The SMILES string of the molecule is O=C(CCOCCOCCN1CCN(c2ccc3c(c2)CN(C2CCC(=O)NC2=O)C3=O)CC1)NCCOc1ccc(Cl)cc1NC(=O)Nc1cnc2ccnn2c1C1CCCC1. The second kappa shape index (κ2) is 20.6. The maximum atomic E-state index is 13.2. The summed E-state index contributed by atoms with van der Waals surface area (Å²) < 4.78 is 19.1. The molecule has 3 aliphatic heterocycles. The summed E-state index contributed by atoms with van der Waals surface area (Å²) in [5, 5.41) is 15.9. The number of ether oxygens (including phenoxy) is 3. The maximum Gasteiger partial charge on any atom is 0.323 e. The highest BCUT2D eigenvalue weighted by Crippen LogP contribution is 2.38. The number of nitrogens with one attached hydrogen (secondary N) is 4. The van der Waals surface area contributed by atoms with Gasteiger partial charge in [-0.25, -0.2) is 14.3 Å². The predicted octanol–water partition coefficient (Wildman–Crippen LogP) is 4.19. The van der Waals surface area contributed by atoms with Crippen LogP contribution in [0.15, 0.2) is 54.9 Å². The van der Waals surface area contributed by atoms with Crippen molar-refractivity contribution in [3.8, 4) is 5.75 Å². The van der Waals surface area contributed by atoms with E-state index < -0.39 is 18.0 Å². The number of piperidine rings is 1. The Bertz CT molecular complexity index is 2310. The third kappa shape index (κ3) is 10.9. The van der Waals surface area contributed by atoms with Gasteiger partial charge in [0.05, 0.1) is 62.4 Å². The summed E-state index contributed by atoms with van der Waals surface area (Å²) in [6.07, 6.45) is 8.44. The number of hydrogen-bond donors (Lipinski definition) is 4. The molecule has 1 aliphatic carbocycles. The molecule has 3 fully saturated rings. The first kappa shape index (κ1) is 43.8. The lowest BCUT2D eigenvalue weighted by molar-refractivity contribution is -0.137. The molecule has 1 saturated carbocycles. The molecular formula is C44H53ClN10O8. The number of fused-ring (bicyclic) bond motifs is 2. The highest BCUT2D eigenvalue weighted by Gasteiger charge is 2.39. The summed E-state index contributed by atoms with van der Waals surface area (Å²) in [6.45, 7) is 6.62. The van der Waals surface area contributed by atoms with E-state index in [9.17, 15) is 24.0 Å². The van der Waals surface area contributed by atoms with Crippen molar-refractivity contribution in [3.63, 3.8) is 0 Å². The topological polar surface area (TPSA) is 201 Å². The van der Waals surface area contributed by atoms with Crippen molar-refractivity contribution in [2.24, 2.45) is 0 Å². The Labute approximate surface area is 369 Å². The van der Waals surface area contributed by atoms with E-state index in [0.717, 1.165) is 81.0 Å². The minimum atomic E-state index is -0.622. The number of amides is 6. The number of piperazine rings is 1. The molecule has 1 unspecified atom stereocenters. The summed E-state index contributed by atoms with van der Waals surface area (Å²) in [5.74, 6) is -0.358. The van der Waals surface area contributed by atoms with Gasteiger partial charge in [0.15, 0.2) is 5.65 Å². The molecule has 2 aromatic carbocycles. The van der Waals surface area contributed by atoms with E-state index in [1.54, 1.807) is 40.0 Å². The van der Waals surface area contributed by atoms with Crippen molar-refractivity contribution in [2.45, 2.75) is 63.5 Å². The van der Waals surface area contributed by atoms with Crippen molar-refractivity contribution in [3.05, 3.63) is 76.7 Å². The zero-order valence-electron chi connectivity index (χ0n) is 35.1. The van der Waals surface area contributed by atoms with Crippen LogP contribution in [0.4, 0.5) is 21.9 Å². The van der Waals surface area contributed by atoms with Crippen LogP contribution in [0.5, 0.6) is 5.75 Å². The van der Waals surface area contributed by atoms with Crippen LogP contribution in [0.1, 0.15) is 72.5 Å². The lowest BCUT2D eigenvalue weighted by Gasteiger charge is -2.36. The number of benzene rings is 2. The minimum absolute atomic E-state index is 0.166. The van der Waals surface area contributed by atoms with Gasteiger partial charge in [0.2, 0.25) is 17.7 Å². The number of imide groups is 1. The molecule has 0 radical (unpaired) electrons. The smallest absolute Gasteiger partial charge is 0.323 e. The van der Waals surface area contributed by atoms with Crippen LogP contribution in [0.25, 0.3) is 5.65 Å². The van der Waals surface area contributed by atoms with E-state index in [1.165, 1.54) is 0 Å². The van der Waals surface area contributed by atoms with Crippen molar-refractivity contribution in [1.82, 2.24) is 35.0 Å². The summed E-state index contributed by atoms with van der Waals surface area (Å²) in [4.78, 5) is 73.4. The van der Waals surface area contributed by atoms with Crippen molar-refractivity contribution < 1.29 is 38.2 Å². The lowest BCUT2D eigenvalue weighted by atomic mass is 10.0. The van der Waals surface area contributed by atoms with Crippen LogP contribution in [0.2, 0.25) is 5.02 Å². The van der Waals surface area contributed by atoms with Gasteiger partial charge in [0.1, 0.15) is 18.4 Å². The summed E-state index contributed by atoms with van der Waals surface area (Å²) in [7, 11) is 0. The van der Waals surface area contributed by atoms with Gasteiger partial charge in [0, 0.05) is 80.4 Å². The maximum absolute atomic E-state index is 13.2. The molecule has 0 spiro atoms.